The van der Waals surface area contributed by atoms with Crippen molar-refractivity contribution in [2.45, 2.75) is 64.8 Å². The SMILES string of the molecule is CC(C)(C)NCC(CCCS(C)(=O)=O)C1CCCC1. The Labute approximate surface area is 119 Å². The number of hydrogen-bond donors (Lipinski definition) is 1. The van der Waals surface area contributed by atoms with E-state index in [4.69, 9.17) is 0 Å². The molecule has 1 aliphatic rings. The van der Waals surface area contributed by atoms with Crippen molar-refractivity contribution >= 4 is 9.84 Å². The molecule has 1 fully saturated rings. The average Bonchev–Trinajstić information content (AvgIpc) is 2.73. The van der Waals surface area contributed by atoms with Gasteiger partial charge in [0.05, 0.1) is 0 Å². The lowest BCUT2D eigenvalue weighted by Crippen LogP contribution is -2.40. The van der Waals surface area contributed by atoms with Crippen molar-refractivity contribution < 1.29 is 8.42 Å². The van der Waals surface area contributed by atoms with Crippen molar-refractivity contribution in [1.82, 2.24) is 5.32 Å². The van der Waals surface area contributed by atoms with Gasteiger partial charge in [-0.1, -0.05) is 25.7 Å². The third kappa shape index (κ3) is 7.93. The zero-order valence-corrected chi connectivity index (χ0v) is 13.9. The van der Waals surface area contributed by atoms with Crippen molar-refractivity contribution in [2.24, 2.45) is 11.8 Å². The van der Waals surface area contributed by atoms with E-state index >= 15 is 0 Å². The molecule has 0 amide bonds. The van der Waals surface area contributed by atoms with Crippen LogP contribution in [0, 0.1) is 11.8 Å². The minimum absolute atomic E-state index is 0.147. The zero-order chi connectivity index (χ0) is 14.5. The second-order valence-electron chi connectivity index (χ2n) is 7.21. The molecule has 1 rings (SSSR count). The highest BCUT2D eigenvalue weighted by atomic mass is 32.2. The number of sulfone groups is 1. The summed E-state index contributed by atoms with van der Waals surface area (Å²) in [5.41, 5.74) is 0.147. The van der Waals surface area contributed by atoms with Crippen LogP contribution >= 0.6 is 0 Å². The number of nitrogens with one attached hydrogen (secondary N) is 1. The molecule has 0 heterocycles. The van der Waals surface area contributed by atoms with Gasteiger partial charge in [-0.05, 0) is 52.0 Å². The Bertz CT molecular complexity index is 351. The van der Waals surface area contributed by atoms with E-state index in [1.54, 1.807) is 0 Å². The van der Waals surface area contributed by atoms with Crippen LogP contribution < -0.4 is 5.32 Å². The highest BCUT2D eigenvalue weighted by molar-refractivity contribution is 7.90. The van der Waals surface area contributed by atoms with Gasteiger partial charge in [-0.25, -0.2) is 8.42 Å². The molecule has 1 saturated carbocycles. The largest absolute Gasteiger partial charge is 0.312 e. The summed E-state index contributed by atoms with van der Waals surface area (Å²) in [4.78, 5) is 0. The predicted octanol–water partition coefficient (Wildman–Crippen LogP) is 3.01. The van der Waals surface area contributed by atoms with E-state index in [0.717, 1.165) is 25.3 Å². The van der Waals surface area contributed by atoms with Crippen molar-refractivity contribution in [3.8, 4) is 0 Å². The summed E-state index contributed by atoms with van der Waals surface area (Å²) in [6.07, 6.45) is 8.55. The number of hydrogen-bond acceptors (Lipinski definition) is 3. The Balaban J connectivity index is 2.44. The molecule has 1 atom stereocenters. The summed E-state index contributed by atoms with van der Waals surface area (Å²) in [5, 5.41) is 3.60. The summed E-state index contributed by atoms with van der Waals surface area (Å²) in [6, 6.07) is 0. The molecule has 1 unspecified atom stereocenters. The quantitative estimate of drug-likeness (QED) is 0.783. The summed E-state index contributed by atoms with van der Waals surface area (Å²) in [6.45, 7) is 7.59. The molecule has 0 bridgehead atoms. The third-order valence-electron chi connectivity index (χ3n) is 4.05. The summed E-state index contributed by atoms with van der Waals surface area (Å²) >= 11 is 0. The van der Waals surface area contributed by atoms with Crippen LogP contribution in [-0.2, 0) is 9.84 Å². The minimum Gasteiger partial charge on any atom is -0.312 e. The Morgan fingerprint density at radius 2 is 1.79 bits per heavy atom. The minimum atomic E-state index is -2.81. The molecule has 0 aromatic heterocycles. The lowest BCUT2D eigenvalue weighted by molar-refractivity contribution is 0.272. The van der Waals surface area contributed by atoms with Crippen molar-refractivity contribution in [3.05, 3.63) is 0 Å². The maximum Gasteiger partial charge on any atom is 0.147 e. The molecule has 4 heteroatoms. The van der Waals surface area contributed by atoms with Gasteiger partial charge in [-0.2, -0.15) is 0 Å². The van der Waals surface area contributed by atoms with Crippen molar-refractivity contribution in [2.75, 3.05) is 18.6 Å². The fourth-order valence-corrected chi connectivity index (χ4v) is 3.67. The maximum absolute atomic E-state index is 11.2. The van der Waals surface area contributed by atoms with E-state index in [1.807, 2.05) is 0 Å². The molecule has 0 aromatic rings. The van der Waals surface area contributed by atoms with Crippen LogP contribution in [0.25, 0.3) is 0 Å². The maximum atomic E-state index is 11.2. The van der Waals surface area contributed by atoms with Crippen LogP contribution in [0.15, 0.2) is 0 Å². The van der Waals surface area contributed by atoms with Gasteiger partial charge in [-0.15, -0.1) is 0 Å². The number of rotatable bonds is 7. The Morgan fingerprint density at radius 1 is 1.21 bits per heavy atom. The molecule has 0 spiro atoms. The molecule has 114 valence electrons. The fraction of sp³-hybridized carbons (Fsp3) is 1.00. The first-order valence-corrected chi connectivity index (χ1v) is 9.66. The van der Waals surface area contributed by atoms with Gasteiger partial charge in [0, 0.05) is 17.5 Å². The molecule has 19 heavy (non-hydrogen) atoms. The monoisotopic (exact) mass is 289 g/mol. The summed E-state index contributed by atoms with van der Waals surface area (Å²) in [5.74, 6) is 1.78. The average molecular weight is 289 g/mol. The predicted molar refractivity (Wildman–Crippen MR) is 82.1 cm³/mol. The Morgan fingerprint density at radius 3 is 2.26 bits per heavy atom. The second-order valence-corrected chi connectivity index (χ2v) is 9.47. The molecule has 1 N–H and O–H groups in total. The highest BCUT2D eigenvalue weighted by Gasteiger charge is 2.26. The van der Waals surface area contributed by atoms with Gasteiger partial charge in [0.1, 0.15) is 9.84 Å². The molecule has 1 aliphatic carbocycles. The zero-order valence-electron chi connectivity index (χ0n) is 13.0. The second kappa shape index (κ2) is 7.07. The van der Waals surface area contributed by atoms with Crippen LogP contribution in [0.2, 0.25) is 0 Å². The van der Waals surface area contributed by atoms with E-state index < -0.39 is 9.84 Å². The van der Waals surface area contributed by atoms with Crippen LogP contribution in [0.4, 0.5) is 0 Å². The lowest BCUT2D eigenvalue weighted by Gasteiger charge is -2.29. The van der Waals surface area contributed by atoms with Gasteiger partial charge in [0.15, 0.2) is 0 Å². The van der Waals surface area contributed by atoms with E-state index in [1.165, 1.54) is 31.9 Å². The molecule has 0 saturated heterocycles. The van der Waals surface area contributed by atoms with Crippen molar-refractivity contribution in [3.63, 3.8) is 0 Å². The van der Waals surface area contributed by atoms with E-state index in [2.05, 4.69) is 26.1 Å². The van der Waals surface area contributed by atoms with E-state index in [0.29, 0.717) is 11.7 Å². The van der Waals surface area contributed by atoms with Crippen molar-refractivity contribution in [1.29, 1.82) is 0 Å². The molecule has 3 nitrogen and oxygen atoms in total. The molecule has 0 aliphatic heterocycles. The van der Waals surface area contributed by atoms with E-state index in [9.17, 15) is 8.42 Å². The first kappa shape index (κ1) is 17.0. The standard InChI is InChI=1S/C15H31NO2S/c1-15(2,3)16-12-14(13-8-5-6-9-13)10-7-11-19(4,17)18/h13-14,16H,5-12H2,1-4H3. The molecule has 0 radical (unpaired) electrons. The summed E-state index contributed by atoms with van der Waals surface area (Å²) < 4.78 is 22.5. The molecule has 0 aromatic carbocycles. The highest BCUT2D eigenvalue weighted by Crippen LogP contribution is 2.33. The lowest BCUT2D eigenvalue weighted by atomic mass is 9.86. The normalized spacial score (nSPS) is 19.8. The fourth-order valence-electron chi connectivity index (χ4n) is 2.98. The van der Waals surface area contributed by atoms with Crippen LogP contribution in [0.3, 0.4) is 0 Å². The molecular formula is C15H31NO2S. The van der Waals surface area contributed by atoms with Crippen LogP contribution in [0.1, 0.15) is 59.3 Å². The first-order chi connectivity index (χ1) is 8.67. The Kier molecular flexibility index (Phi) is 6.31. The van der Waals surface area contributed by atoms with Gasteiger partial charge in [0.25, 0.3) is 0 Å². The van der Waals surface area contributed by atoms with E-state index in [-0.39, 0.29) is 5.54 Å². The summed E-state index contributed by atoms with van der Waals surface area (Å²) in [7, 11) is -2.81. The topological polar surface area (TPSA) is 46.2 Å². The Hall–Kier alpha value is -0.0900. The van der Waals surface area contributed by atoms with Gasteiger partial charge in [0.2, 0.25) is 0 Å². The molecular weight excluding hydrogens is 258 g/mol. The van der Waals surface area contributed by atoms with Gasteiger partial charge in [-0.3, -0.25) is 0 Å². The van der Waals surface area contributed by atoms with Crippen LogP contribution in [0.5, 0.6) is 0 Å². The first-order valence-electron chi connectivity index (χ1n) is 7.60. The van der Waals surface area contributed by atoms with Gasteiger partial charge < -0.3 is 5.32 Å². The third-order valence-corrected chi connectivity index (χ3v) is 5.08. The smallest absolute Gasteiger partial charge is 0.147 e. The van der Waals surface area contributed by atoms with Crippen LogP contribution in [-0.4, -0.2) is 32.5 Å². The van der Waals surface area contributed by atoms with Gasteiger partial charge >= 0.3 is 0 Å².